The molecule has 10 heteroatoms. The first kappa shape index (κ1) is 18.2. The number of amides is 1. The minimum atomic E-state index is -1.73. The van der Waals surface area contributed by atoms with Crippen LogP contribution >= 0.6 is 34.8 Å². The number of ether oxygens (including phenoxy) is 1. The first-order valence-corrected chi connectivity index (χ1v) is 7.86. The van der Waals surface area contributed by atoms with E-state index in [9.17, 15) is 14.9 Å². The maximum Gasteiger partial charge on any atom is 0.269 e. The van der Waals surface area contributed by atoms with Gasteiger partial charge in [-0.2, -0.15) is 0 Å². The lowest BCUT2D eigenvalue weighted by molar-refractivity contribution is -0.384. The fraction of sp³-hybridized carbons (Fsp3) is 0.462. The second-order valence-electron chi connectivity index (χ2n) is 4.87. The van der Waals surface area contributed by atoms with Crippen LogP contribution in [0.5, 0.6) is 0 Å². The summed E-state index contributed by atoms with van der Waals surface area (Å²) in [6.07, 6.45) is -0.834. The Morgan fingerprint density at radius 3 is 2.30 bits per heavy atom. The van der Waals surface area contributed by atoms with Gasteiger partial charge in [0.2, 0.25) is 3.79 Å². The van der Waals surface area contributed by atoms with Gasteiger partial charge in [-0.1, -0.05) is 34.8 Å². The maximum absolute atomic E-state index is 12.3. The van der Waals surface area contributed by atoms with Gasteiger partial charge in [0, 0.05) is 30.8 Å². The summed E-state index contributed by atoms with van der Waals surface area (Å²) < 4.78 is 3.51. The molecule has 1 atom stereocenters. The number of rotatable bonds is 4. The molecule has 23 heavy (non-hydrogen) atoms. The van der Waals surface area contributed by atoms with Gasteiger partial charge in [-0.25, -0.2) is 0 Å². The summed E-state index contributed by atoms with van der Waals surface area (Å²) in [7, 11) is 0. The van der Waals surface area contributed by atoms with Crippen molar-refractivity contribution in [1.82, 2.24) is 10.2 Å². The molecule has 0 bridgehead atoms. The van der Waals surface area contributed by atoms with Crippen molar-refractivity contribution in [2.45, 2.75) is 9.96 Å². The van der Waals surface area contributed by atoms with Crippen molar-refractivity contribution >= 4 is 46.4 Å². The number of morpholine rings is 1. The molecule has 7 nitrogen and oxygen atoms in total. The monoisotopic (exact) mass is 381 g/mol. The molecule has 0 aliphatic carbocycles. The number of hydrogen-bond acceptors (Lipinski definition) is 5. The van der Waals surface area contributed by atoms with Crippen LogP contribution in [0.25, 0.3) is 0 Å². The zero-order valence-electron chi connectivity index (χ0n) is 11.9. The molecule has 1 saturated heterocycles. The minimum Gasteiger partial charge on any atom is -0.379 e. The van der Waals surface area contributed by atoms with E-state index in [-0.39, 0.29) is 11.3 Å². The summed E-state index contributed by atoms with van der Waals surface area (Å²) in [5.41, 5.74) is 0.135. The highest BCUT2D eigenvalue weighted by molar-refractivity contribution is 6.68. The minimum absolute atomic E-state index is 0.104. The van der Waals surface area contributed by atoms with Crippen LogP contribution in [0, 0.1) is 10.1 Å². The first-order chi connectivity index (χ1) is 10.8. The van der Waals surface area contributed by atoms with Crippen molar-refractivity contribution in [2.75, 3.05) is 26.3 Å². The molecule has 2 rings (SSSR count). The number of nitrogens with zero attached hydrogens (tertiary/aromatic N) is 2. The van der Waals surface area contributed by atoms with Crippen molar-refractivity contribution in [1.29, 1.82) is 0 Å². The molecular weight excluding hydrogens is 369 g/mol. The van der Waals surface area contributed by atoms with Crippen LogP contribution in [0.15, 0.2) is 24.3 Å². The van der Waals surface area contributed by atoms with Crippen LogP contribution in [0.2, 0.25) is 0 Å². The number of nitrogens with one attached hydrogen (secondary N) is 1. The number of nitro groups is 1. The quantitative estimate of drug-likeness (QED) is 0.491. The highest BCUT2D eigenvalue weighted by atomic mass is 35.6. The average molecular weight is 383 g/mol. The van der Waals surface area contributed by atoms with E-state index in [0.717, 1.165) is 0 Å². The zero-order valence-corrected chi connectivity index (χ0v) is 14.1. The summed E-state index contributed by atoms with van der Waals surface area (Å²) in [6, 6.07) is 5.19. The normalized spacial score (nSPS) is 17.5. The molecule has 1 heterocycles. The molecule has 126 valence electrons. The van der Waals surface area contributed by atoms with Crippen LogP contribution in [0.3, 0.4) is 0 Å². The third-order valence-corrected chi connectivity index (χ3v) is 3.95. The van der Waals surface area contributed by atoms with Gasteiger partial charge in [0.05, 0.1) is 18.1 Å². The Labute approximate surface area is 147 Å². The molecule has 1 unspecified atom stereocenters. The number of benzene rings is 1. The average Bonchev–Trinajstić information content (AvgIpc) is 2.52. The van der Waals surface area contributed by atoms with E-state index in [1.807, 2.05) is 0 Å². The zero-order chi connectivity index (χ0) is 17.0. The van der Waals surface area contributed by atoms with Gasteiger partial charge in [-0.15, -0.1) is 0 Å². The van der Waals surface area contributed by atoms with Crippen molar-refractivity contribution in [3.63, 3.8) is 0 Å². The standard InChI is InChI=1S/C13H14Cl3N3O4/c14-13(15,16)12(18-5-7-23-8-6-18)17-11(20)9-1-3-10(4-2-9)19(21)22/h1-4,12H,5-8H2,(H,17,20). The van der Waals surface area contributed by atoms with Gasteiger partial charge in [-0.05, 0) is 12.1 Å². The van der Waals surface area contributed by atoms with Crippen molar-refractivity contribution in [3.05, 3.63) is 39.9 Å². The molecule has 1 N–H and O–H groups in total. The topological polar surface area (TPSA) is 84.7 Å². The highest BCUT2D eigenvalue weighted by Crippen LogP contribution is 2.32. The van der Waals surface area contributed by atoms with Crippen LogP contribution in [0.4, 0.5) is 5.69 Å². The Morgan fingerprint density at radius 1 is 1.26 bits per heavy atom. The molecule has 0 saturated carbocycles. The van der Waals surface area contributed by atoms with Gasteiger partial charge in [0.15, 0.2) is 0 Å². The highest BCUT2D eigenvalue weighted by Gasteiger charge is 2.39. The number of alkyl halides is 3. The van der Waals surface area contributed by atoms with E-state index < -0.39 is 20.8 Å². The Balaban J connectivity index is 2.11. The molecule has 1 aromatic rings. The SMILES string of the molecule is O=C(NC(N1CCOCC1)C(Cl)(Cl)Cl)c1ccc([N+](=O)[O-])cc1. The molecule has 1 aromatic carbocycles. The Kier molecular flexibility index (Phi) is 6.05. The molecule has 1 aliphatic rings. The van der Waals surface area contributed by atoms with E-state index in [2.05, 4.69) is 5.32 Å². The van der Waals surface area contributed by atoms with E-state index in [0.29, 0.717) is 26.3 Å². The molecule has 1 amide bonds. The summed E-state index contributed by atoms with van der Waals surface area (Å²) >= 11 is 17.9. The lowest BCUT2D eigenvalue weighted by Crippen LogP contribution is -2.58. The van der Waals surface area contributed by atoms with Gasteiger partial charge in [0.1, 0.15) is 6.17 Å². The van der Waals surface area contributed by atoms with Crippen LogP contribution < -0.4 is 5.32 Å². The van der Waals surface area contributed by atoms with Gasteiger partial charge >= 0.3 is 0 Å². The van der Waals surface area contributed by atoms with Gasteiger partial charge in [-0.3, -0.25) is 19.8 Å². The maximum atomic E-state index is 12.3. The predicted molar refractivity (Wildman–Crippen MR) is 87.0 cm³/mol. The number of hydrogen-bond donors (Lipinski definition) is 1. The summed E-state index contributed by atoms with van der Waals surface area (Å²) in [5, 5.41) is 13.3. The number of non-ortho nitro benzene ring substituents is 1. The molecule has 0 radical (unpaired) electrons. The summed E-state index contributed by atoms with van der Waals surface area (Å²) in [5.74, 6) is -0.484. The van der Waals surface area contributed by atoms with Crippen LogP contribution in [0.1, 0.15) is 10.4 Å². The molecule has 0 aromatic heterocycles. The number of carbonyl (C=O) groups excluding carboxylic acids is 1. The van der Waals surface area contributed by atoms with Gasteiger partial charge < -0.3 is 10.1 Å². The van der Waals surface area contributed by atoms with Crippen LogP contribution in [-0.2, 0) is 4.74 Å². The largest absolute Gasteiger partial charge is 0.379 e. The molecular formula is C13H14Cl3N3O4. The smallest absolute Gasteiger partial charge is 0.269 e. The number of halogens is 3. The number of carbonyl (C=O) groups is 1. The third kappa shape index (κ3) is 4.92. The summed E-state index contributed by atoms with van der Waals surface area (Å²) in [4.78, 5) is 24.2. The van der Waals surface area contributed by atoms with E-state index >= 15 is 0 Å². The fourth-order valence-electron chi connectivity index (χ4n) is 2.16. The summed E-state index contributed by atoms with van der Waals surface area (Å²) in [6.45, 7) is 1.98. The third-order valence-electron chi connectivity index (χ3n) is 3.33. The lowest BCUT2D eigenvalue weighted by atomic mass is 10.2. The van der Waals surface area contributed by atoms with Gasteiger partial charge in [0.25, 0.3) is 11.6 Å². The van der Waals surface area contributed by atoms with Crippen molar-refractivity contribution < 1.29 is 14.5 Å². The molecule has 1 aliphatic heterocycles. The Bertz CT molecular complexity index is 571. The number of nitro benzene ring substituents is 1. The second-order valence-corrected chi connectivity index (χ2v) is 7.24. The molecule has 0 spiro atoms. The fourth-order valence-corrected chi connectivity index (χ4v) is 2.74. The Hall–Kier alpha value is -1.12. The second kappa shape index (κ2) is 7.63. The van der Waals surface area contributed by atoms with Crippen LogP contribution in [-0.4, -0.2) is 52.0 Å². The lowest BCUT2D eigenvalue weighted by Gasteiger charge is -2.38. The van der Waals surface area contributed by atoms with E-state index in [4.69, 9.17) is 39.5 Å². The van der Waals surface area contributed by atoms with E-state index in [1.165, 1.54) is 24.3 Å². The Morgan fingerprint density at radius 2 is 1.83 bits per heavy atom. The van der Waals surface area contributed by atoms with E-state index in [1.54, 1.807) is 4.90 Å². The molecule has 1 fully saturated rings. The van der Waals surface area contributed by atoms with Crippen molar-refractivity contribution in [3.8, 4) is 0 Å². The predicted octanol–water partition coefficient (Wildman–Crippen LogP) is 2.35. The van der Waals surface area contributed by atoms with Crippen molar-refractivity contribution in [2.24, 2.45) is 0 Å². The first-order valence-electron chi connectivity index (χ1n) is 6.73.